The number of benzene rings is 2. The molecule has 7 heteroatoms. The molecule has 0 saturated carbocycles. The molecule has 0 aliphatic carbocycles. The fourth-order valence-corrected chi connectivity index (χ4v) is 3.41. The number of esters is 1. The summed E-state index contributed by atoms with van der Waals surface area (Å²) in [6.07, 6.45) is 0.160. The van der Waals surface area contributed by atoms with Crippen LogP contribution in [0.25, 0.3) is 10.2 Å². The average Bonchev–Trinajstić information content (AvgIpc) is 3.12. The van der Waals surface area contributed by atoms with Gasteiger partial charge in [-0.25, -0.2) is 4.98 Å². The number of fused-ring (bicyclic) bond motifs is 1. The zero-order valence-corrected chi connectivity index (χ0v) is 16.0. The second-order valence-corrected chi connectivity index (χ2v) is 7.01. The molecule has 0 spiro atoms. The van der Waals surface area contributed by atoms with Crippen molar-refractivity contribution in [2.24, 2.45) is 0 Å². The molecule has 0 saturated heterocycles. The van der Waals surface area contributed by atoms with Gasteiger partial charge in [0.25, 0.3) is 0 Å². The summed E-state index contributed by atoms with van der Waals surface area (Å²) >= 11 is 1.60. The molecule has 0 radical (unpaired) electrons. The van der Waals surface area contributed by atoms with Gasteiger partial charge in [0.15, 0.2) is 0 Å². The van der Waals surface area contributed by atoms with Gasteiger partial charge in [0.2, 0.25) is 5.91 Å². The van der Waals surface area contributed by atoms with Gasteiger partial charge >= 0.3 is 5.97 Å². The van der Waals surface area contributed by atoms with Crippen molar-refractivity contribution in [3.63, 3.8) is 0 Å². The molecule has 0 fully saturated rings. The van der Waals surface area contributed by atoms with Gasteiger partial charge in [-0.05, 0) is 24.3 Å². The number of ether oxygens (including phenoxy) is 2. The van der Waals surface area contributed by atoms with E-state index in [1.54, 1.807) is 24.5 Å². The summed E-state index contributed by atoms with van der Waals surface area (Å²) in [6, 6.07) is 15.2. The van der Waals surface area contributed by atoms with E-state index < -0.39 is 5.97 Å². The monoisotopic (exact) mass is 384 g/mol. The Morgan fingerprint density at radius 2 is 1.93 bits per heavy atom. The highest BCUT2D eigenvalue weighted by molar-refractivity contribution is 7.18. The second-order valence-electron chi connectivity index (χ2n) is 5.89. The van der Waals surface area contributed by atoms with E-state index in [4.69, 9.17) is 4.74 Å². The number of anilines is 1. The summed E-state index contributed by atoms with van der Waals surface area (Å²) in [4.78, 5) is 29.5. The predicted octanol–water partition coefficient (Wildman–Crippen LogP) is 3.79. The molecule has 3 rings (SSSR count). The number of methoxy groups -OCH3 is 1. The van der Waals surface area contributed by atoms with Gasteiger partial charge in [-0.1, -0.05) is 18.2 Å². The smallest absolute Gasteiger partial charge is 0.306 e. The minimum Gasteiger partial charge on any atom is -0.486 e. The molecule has 6 nitrogen and oxygen atoms in total. The van der Waals surface area contributed by atoms with Gasteiger partial charge in [-0.3, -0.25) is 9.59 Å². The predicted molar refractivity (Wildman–Crippen MR) is 105 cm³/mol. The number of carbonyl (C=O) groups is 2. The van der Waals surface area contributed by atoms with Crippen LogP contribution in [0.3, 0.4) is 0 Å². The van der Waals surface area contributed by atoms with E-state index in [0.717, 1.165) is 15.2 Å². The van der Waals surface area contributed by atoms with Gasteiger partial charge in [-0.15, -0.1) is 11.3 Å². The first kappa shape index (κ1) is 18.8. The highest BCUT2D eigenvalue weighted by atomic mass is 32.1. The molecule has 140 valence electrons. The Morgan fingerprint density at radius 1 is 1.11 bits per heavy atom. The van der Waals surface area contributed by atoms with E-state index in [0.29, 0.717) is 18.0 Å². The second kappa shape index (κ2) is 8.64. The molecular weight excluding hydrogens is 364 g/mol. The third kappa shape index (κ3) is 4.83. The summed E-state index contributed by atoms with van der Waals surface area (Å²) < 4.78 is 11.5. The normalized spacial score (nSPS) is 10.6. The number of hydrogen-bond acceptors (Lipinski definition) is 6. The summed E-state index contributed by atoms with van der Waals surface area (Å²) in [5.74, 6) is 0.0905. The minimum atomic E-state index is -0.398. The van der Waals surface area contributed by atoms with Crippen molar-refractivity contribution in [3.05, 3.63) is 53.5 Å². The van der Waals surface area contributed by atoms with Crippen LogP contribution in [0.4, 0.5) is 5.69 Å². The molecule has 0 unspecified atom stereocenters. The lowest BCUT2D eigenvalue weighted by Crippen LogP contribution is -2.26. The van der Waals surface area contributed by atoms with Crippen LogP contribution in [0.5, 0.6) is 5.75 Å². The Labute approximate surface area is 161 Å². The van der Waals surface area contributed by atoms with Gasteiger partial charge < -0.3 is 14.4 Å². The number of amides is 1. The van der Waals surface area contributed by atoms with E-state index in [2.05, 4.69) is 9.72 Å². The molecule has 0 aliphatic heterocycles. The highest BCUT2D eigenvalue weighted by Crippen LogP contribution is 2.25. The molecule has 1 heterocycles. The number of nitrogens with zero attached hydrogens (tertiary/aromatic N) is 2. The topological polar surface area (TPSA) is 68.7 Å². The van der Waals surface area contributed by atoms with Crippen molar-refractivity contribution in [2.45, 2.75) is 19.4 Å². The maximum absolute atomic E-state index is 12.2. The van der Waals surface area contributed by atoms with Crippen molar-refractivity contribution in [1.82, 2.24) is 4.98 Å². The third-order valence-corrected chi connectivity index (χ3v) is 5.06. The summed E-state index contributed by atoms with van der Waals surface area (Å²) in [7, 11) is 2.98. The summed E-state index contributed by atoms with van der Waals surface area (Å²) in [5.41, 5.74) is 1.66. The van der Waals surface area contributed by atoms with Crippen LogP contribution >= 0.6 is 11.3 Å². The summed E-state index contributed by atoms with van der Waals surface area (Å²) in [5, 5.41) is 0.893. The number of hydrogen-bond donors (Lipinski definition) is 0. The zero-order chi connectivity index (χ0) is 19.2. The largest absolute Gasteiger partial charge is 0.486 e. The van der Waals surface area contributed by atoms with Crippen molar-refractivity contribution >= 4 is 39.1 Å². The van der Waals surface area contributed by atoms with E-state index in [-0.39, 0.29) is 18.7 Å². The van der Waals surface area contributed by atoms with Gasteiger partial charge in [0.05, 0.1) is 23.7 Å². The Bertz CT molecular complexity index is 921. The molecular formula is C20H20N2O4S. The fourth-order valence-electron chi connectivity index (χ4n) is 2.53. The first-order chi connectivity index (χ1) is 13.1. The van der Waals surface area contributed by atoms with Gasteiger partial charge in [0.1, 0.15) is 17.4 Å². The molecule has 0 aliphatic rings. The quantitative estimate of drug-likeness (QED) is 0.580. The molecule has 3 aromatic rings. The molecule has 0 N–H and O–H groups in total. The van der Waals surface area contributed by atoms with Crippen LogP contribution in [0.15, 0.2) is 48.5 Å². The molecule has 27 heavy (non-hydrogen) atoms. The van der Waals surface area contributed by atoms with Crippen LogP contribution in [0, 0.1) is 0 Å². The Hall–Kier alpha value is -2.93. The lowest BCUT2D eigenvalue weighted by Gasteiger charge is -2.18. The van der Waals surface area contributed by atoms with Gasteiger partial charge in [0, 0.05) is 25.2 Å². The number of carbonyl (C=O) groups excluding carboxylic acids is 2. The standard InChI is InChI=1S/C20H20N2O4S/c1-22(19(23)10-11-20(24)25-2)14-6-5-7-15(12-14)26-13-18-21-16-8-3-4-9-17(16)27-18/h3-9,12H,10-11,13H2,1-2H3. The summed E-state index contributed by atoms with van der Waals surface area (Å²) in [6.45, 7) is 0.364. The van der Waals surface area contributed by atoms with Crippen LogP contribution in [-0.4, -0.2) is 31.0 Å². The lowest BCUT2D eigenvalue weighted by atomic mass is 10.2. The van der Waals surface area contributed by atoms with Crippen molar-refractivity contribution in [3.8, 4) is 5.75 Å². The van der Waals surface area contributed by atoms with Crippen LogP contribution in [0.2, 0.25) is 0 Å². The van der Waals surface area contributed by atoms with E-state index in [1.807, 2.05) is 42.5 Å². The van der Waals surface area contributed by atoms with Crippen molar-refractivity contribution in [1.29, 1.82) is 0 Å². The maximum Gasteiger partial charge on any atom is 0.306 e. The van der Waals surface area contributed by atoms with Crippen molar-refractivity contribution in [2.75, 3.05) is 19.1 Å². The Balaban J connectivity index is 1.62. The van der Waals surface area contributed by atoms with E-state index in [1.165, 1.54) is 12.0 Å². The number of para-hydroxylation sites is 1. The number of aromatic nitrogens is 1. The Morgan fingerprint density at radius 3 is 2.70 bits per heavy atom. The highest BCUT2D eigenvalue weighted by Gasteiger charge is 2.14. The lowest BCUT2D eigenvalue weighted by molar-refractivity contribution is -0.141. The first-order valence-corrected chi connectivity index (χ1v) is 9.29. The fraction of sp³-hybridized carbons (Fsp3) is 0.250. The first-order valence-electron chi connectivity index (χ1n) is 8.47. The zero-order valence-electron chi connectivity index (χ0n) is 15.2. The molecule has 0 bridgehead atoms. The number of rotatable bonds is 7. The molecule has 1 aromatic heterocycles. The number of thiazole rings is 1. The Kier molecular flexibility index (Phi) is 6.03. The van der Waals surface area contributed by atoms with Crippen LogP contribution in [-0.2, 0) is 20.9 Å². The molecule has 2 aromatic carbocycles. The third-order valence-electron chi connectivity index (χ3n) is 4.05. The van der Waals surface area contributed by atoms with Crippen LogP contribution < -0.4 is 9.64 Å². The molecule has 0 atom stereocenters. The van der Waals surface area contributed by atoms with E-state index >= 15 is 0 Å². The average molecular weight is 384 g/mol. The van der Waals surface area contributed by atoms with Gasteiger partial charge in [-0.2, -0.15) is 0 Å². The van der Waals surface area contributed by atoms with Crippen molar-refractivity contribution < 1.29 is 19.1 Å². The maximum atomic E-state index is 12.2. The molecule has 1 amide bonds. The SMILES string of the molecule is COC(=O)CCC(=O)N(C)c1cccc(OCc2nc3ccccc3s2)c1. The van der Waals surface area contributed by atoms with Crippen LogP contribution in [0.1, 0.15) is 17.8 Å². The minimum absolute atomic E-state index is 0.0630. The van der Waals surface area contributed by atoms with E-state index in [9.17, 15) is 9.59 Å².